The average molecular weight is 1370 g/mol. The minimum Gasteiger partial charge on any atom is -0.462 e. The number of carbonyl (C=O) groups excluding carboxylic acids is 4. The molecule has 0 radical (unpaired) electrons. The molecular formula is C75H134O17P2. The largest absolute Gasteiger partial charge is 0.472 e. The van der Waals surface area contributed by atoms with Crippen molar-refractivity contribution in [3.63, 3.8) is 0 Å². The number of hydrogen-bond acceptors (Lipinski definition) is 15. The van der Waals surface area contributed by atoms with Gasteiger partial charge in [0.25, 0.3) is 0 Å². The first kappa shape index (κ1) is 90.5. The molecule has 0 spiro atoms. The lowest BCUT2D eigenvalue weighted by Gasteiger charge is -2.21. The second kappa shape index (κ2) is 68.0. The molecule has 5 unspecified atom stereocenters. The Bertz CT molecular complexity index is 2070. The maximum absolute atomic E-state index is 13.0. The number of aliphatic hydroxyl groups excluding tert-OH is 1. The molecule has 0 aliphatic rings. The minimum atomic E-state index is -4.98. The summed E-state index contributed by atoms with van der Waals surface area (Å²) in [6.07, 6.45) is 66.2. The molecule has 0 heterocycles. The molecule has 0 rings (SSSR count). The molecule has 0 aromatic carbocycles. The third-order valence-electron chi connectivity index (χ3n) is 15.7. The van der Waals surface area contributed by atoms with E-state index < -0.39 is 97.5 Å². The van der Waals surface area contributed by atoms with Gasteiger partial charge in [-0.2, -0.15) is 0 Å². The van der Waals surface area contributed by atoms with Gasteiger partial charge < -0.3 is 33.8 Å². The molecule has 5 atom stereocenters. The van der Waals surface area contributed by atoms with Crippen molar-refractivity contribution in [2.45, 2.75) is 341 Å². The summed E-state index contributed by atoms with van der Waals surface area (Å²) in [6.45, 7) is 4.69. The number of carbonyl (C=O) groups is 4. The van der Waals surface area contributed by atoms with E-state index in [-0.39, 0.29) is 25.7 Å². The fourth-order valence-corrected chi connectivity index (χ4v) is 11.5. The van der Waals surface area contributed by atoms with Crippen molar-refractivity contribution in [3.8, 4) is 0 Å². The molecule has 94 heavy (non-hydrogen) atoms. The summed E-state index contributed by atoms with van der Waals surface area (Å²) in [7, 11) is -9.94. The van der Waals surface area contributed by atoms with E-state index in [9.17, 15) is 43.2 Å². The number of esters is 4. The third-order valence-corrected chi connectivity index (χ3v) is 17.6. The number of allylic oxidation sites excluding steroid dienone is 12. The van der Waals surface area contributed by atoms with Gasteiger partial charge in [0.1, 0.15) is 19.3 Å². The van der Waals surface area contributed by atoms with Crippen LogP contribution in [0.25, 0.3) is 0 Å². The second-order valence-corrected chi connectivity index (χ2v) is 27.8. The standard InChI is InChI=1S/C75H134O17P2/c1-5-9-13-17-21-25-29-33-34-38-40-44-48-52-56-60-73(78)86-66-71(92-75(80)62-58-54-50-46-42-37-32-28-24-20-16-12-8-4)68-90-94(83,84)88-64-69(76)63-87-93(81,82)89-67-70(91-74(79)61-57-53-49-45-41-36-31-27-23-19-15-11-7-3)65-85-72(77)59-55-51-47-43-39-35-30-26-22-18-14-10-6-2/h9,13,21,25-26,28,30,32-34,40,44,69-71,76H,5-8,10-12,14-20,22-24,27,29,31,35-39,41-43,45-68H2,1-4H3,(H,81,82)(H,83,84)/b13-9-,25-21-,30-26-,32-28-,34-33-,44-40-. The van der Waals surface area contributed by atoms with Crippen molar-refractivity contribution in [2.24, 2.45) is 0 Å². The van der Waals surface area contributed by atoms with Gasteiger partial charge in [-0.1, -0.05) is 255 Å². The predicted molar refractivity (Wildman–Crippen MR) is 381 cm³/mol. The molecule has 0 fully saturated rings. The highest BCUT2D eigenvalue weighted by Gasteiger charge is 2.30. The quantitative estimate of drug-likeness (QED) is 0.0169. The van der Waals surface area contributed by atoms with Gasteiger partial charge in [0.15, 0.2) is 12.2 Å². The van der Waals surface area contributed by atoms with Crippen LogP contribution in [0.3, 0.4) is 0 Å². The van der Waals surface area contributed by atoms with Crippen LogP contribution in [0.2, 0.25) is 0 Å². The first-order valence-electron chi connectivity index (χ1n) is 37.2. The topological polar surface area (TPSA) is 237 Å². The molecule has 0 aliphatic heterocycles. The zero-order valence-electron chi connectivity index (χ0n) is 59.4. The molecule has 17 nitrogen and oxygen atoms in total. The SMILES string of the molecule is CC/C=C\C/C=C\C/C=C\C/C=C\CCCCC(=O)OCC(COP(=O)(O)OCC(O)COP(=O)(O)OCC(COC(=O)CCCCCCC/C=C\CCCCCC)OC(=O)CCCCCCCCCCCCCCC)OC(=O)CCCCCCC/C=C\CCCCCC. The van der Waals surface area contributed by atoms with Gasteiger partial charge in [0.2, 0.25) is 0 Å². The monoisotopic (exact) mass is 1370 g/mol. The van der Waals surface area contributed by atoms with Crippen LogP contribution in [-0.4, -0.2) is 96.7 Å². The van der Waals surface area contributed by atoms with Gasteiger partial charge in [-0.3, -0.25) is 37.3 Å². The summed E-state index contributed by atoms with van der Waals surface area (Å²) in [6, 6.07) is 0. The Balaban J connectivity index is 5.36. The number of rotatable bonds is 70. The Kier molecular flexibility index (Phi) is 65.5. The van der Waals surface area contributed by atoms with Gasteiger partial charge in [0.05, 0.1) is 26.4 Å². The van der Waals surface area contributed by atoms with E-state index >= 15 is 0 Å². The van der Waals surface area contributed by atoms with E-state index in [1.807, 2.05) is 0 Å². The summed E-state index contributed by atoms with van der Waals surface area (Å²) in [4.78, 5) is 72.7. The highest BCUT2D eigenvalue weighted by Crippen LogP contribution is 2.45. The number of hydrogen-bond donors (Lipinski definition) is 3. The Labute approximate surface area is 571 Å². The minimum absolute atomic E-state index is 0.0777. The van der Waals surface area contributed by atoms with Gasteiger partial charge >= 0.3 is 39.5 Å². The van der Waals surface area contributed by atoms with Crippen LogP contribution in [0.5, 0.6) is 0 Å². The van der Waals surface area contributed by atoms with Crippen LogP contribution in [0.15, 0.2) is 72.9 Å². The van der Waals surface area contributed by atoms with Crippen LogP contribution in [0, 0.1) is 0 Å². The van der Waals surface area contributed by atoms with E-state index in [0.29, 0.717) is 25.7 Å². The van der Waals surface area contributed by atoms with Gasteiger partial charge in [-0.05, 0) is 116 Å². The molecule has 0 aliphatic carbocycles. The van der Waals surface area contributed by atoms with Crippen molar-refractivity contribution in [1.29, 1.82) is 0 Å². The molecule has 3 N–H and O–H groups in total. The van der Waals surface area contributed by atoms with E-state index in [0.717, 1.165) is 141 Å². The van der Waals surface area contributed by atoms with Crippen molar-refractivity contribution >= 4 is 39.5 Å². The zero-order valence-corrected chi connectivity index (χ0v) is 61.2. The Morgan fingerprint density at radius 3 is 0.894 bits per heavy atom. The number of aliphatic hydroxyl groups is 1. The van der Waals surface area contributed by atoms with E-state index in [1.54, 1.807) is 0 Å². The van der Waals surface area contributed by atoms with Crippen molar-refractivity contribution in [3.05, 3.63) is 72.9 Å². The van der Waals surface area contributed by atoms with Gasteiger partial charge in [0, 0.05) is 25.7 Å². The first-order valence-corrected chi connectivity index (χ1v) is 40.2. The molecule has 0 bridgehead atoms. The Morgan fingerprint density at radius 1 is 0.309 bits per heavy atom. The summed E-state index contributed by atoms with van der Waals surface area (Å²) in [5.41, 5.74) is 0. The lowest BCUT2D eigenvalue weighted by atomic mass is 10.0. The normalized spacial score (nSPS) is 14.4. The lowest BCUT2D eigenvalue weighted by molar-refractivity contribution is -0.161. The molecular weight excluding hydrogens is 1230 g/mol. The number of ether oxygens (including phenoxy) is 4. The van der Waals surface area contributed by atoms with Crippen molar-refractivity contribution in [2.75, 3.05) is 39.6 Å². The summed E-state index contributed by atoms with van der Waals surface area (Å²) < 4.78 is 68.3. The zero-order chi connectivity index (χ0) is 69.0. The first-order chi connectivity index (χ1) is 45.7. The highest BCUT2D eigenvalue weighted by atomic mass is 31.2. The van der Waals surface area contributed by atoms with Gasteiger partial charge in [-0.25, -0.2) is 9.13 Å². The summed E-state index contributed by atoms with van der Waals surface area (Å²) in [5, 5.41) is 10.6. The lowest BCUT2D eigenvalue weighted by Crippen LogP contribution is -2.30. The predicted octanol–water partition coefficient (Wildman–Crippen LogP) is 20.9. The summed E-state index contributed by atoms with van der Waals surface area (Å²) >= 11 is 0. The molecule has 546 valence electrons. The number of unbranched alkanes of at least 4 members (excludes halogenated alkanes) is 32. The van der Waals surface area contributed by atoms with Crippen molar-refractivity contribution in [1.82, 2.24) is 0 Å². The molecule has 0 saturated carbocycles. The molecule has 0 amide bonds. The van der Waals surface area contributed by atoms with Crippen molar-refractivity contribution < 1.29 is 80.2 Å². The molecule has 0 aromatic heterocycles. The maximum atomic E-state index is 13.0. The number of phosphoric acid groups is 2. The van der Waals surface area contributed by atoms with Crippen LogP contribution in [-0.2, 0) is 65.4 Å². The third kappa shape index (κ3) is 67.1. The summed E-state index contributed by atoms with van der Waals surface area (Å²) in [5.74, 6) is -2.22. The van der Waals surface area contributed by atoms with Crippen LogP contribution in [0.4, 0.5) is 0 Å². The highest BCUT2D eigenvalue weighted by molar-refractivity contribution is 7.47. The fraction of sp³-hybridized carbons (Fsp3) is 0.787. The van der Waals surface area contributed by atoms with Gasteiger partial charge in [-0.15, -0.1) is 0 Å². The maximum Gasteiger partial charge on any atom is 0.472 e. The van der Waals surface area contributed by atoms with Crippen LogP contribution < -0.4 is 0 Å². The fourth-order valence-electron chi connectivity index (χ4n) is 9.97. The van der Waals surface area contributed by atoms with Crippen LogP contribution in [0.1, 0.15) is 323 Å². The Hall–Kier alpha value is -3.50. The smallest absolute Gasteiger partial charge is 0.462 e. The number of phosphoric ester groups is 2. The Morgan fingerprint density at radius 2 is 0.553 bits per heavy atom. The van der Waals surface area contributed by atoms with E-state index in [4.69, 9.17) is 37.0 Å². The average Bonchev–Trinajstić information content (AvgIpc) is 1.67. The molecule has 0 saturated heterocycles. The van der Waals surface area contributed by atoms with E-state index in [1.165, 1.54) is 103 Å². The second-order valence-electron chi connectivity index (χ2n) is 24.9. The van der Waals surface area contributed by atoms with Crippen LogP contribution >= 0.6 is 15.6 Å². The molecule has 0 aromatic rings. The van der Waals surface area contributed by atoms with E-state index in [2.05, 4.69) is 101 Å². The molecule has 19 heteroatoms.